The average molecular weight is 334 g/mol. The zero-order valence-electron chi connectivity index (χ0n) is 11.8. The molecule has 0 saturated carbocycles. The predicted molar refractivity (Wildman–Crippen MR) is 84.3 cm³/mol. The highest BCUT2D eigenvalue weighted by Gasteiger charge is 2.14. The monoisotopic (exact) mass is 334 g/mol. The van der Waals surface area contributed by atoms with Crippen molar-refractivity contribution >= 4 is 27.7 Å². The molecule has 0 aromatic heterocycles. The number of sulfonamides is 1. The normalized spacial score (nSPS) is 11.3. The average Bonchev–Trinajstić information content (AvgIpc) is 2.55. The van der Waals surface area contributed by atoms with Crippen LogP contribution in [0.15, 0.2) is 59.5 Å². The van der Waals surface area contributed by atoms with Gasteiger partial charge >= 0.3 is 0 Å². The number of anilines is 1. The van der Waals surface area contributed by atoms with Crippen LogP contribution in [0.25, 0.3) is 6.08 Å². The van der Waals surface area contributed by atoms with Crippen LogP contribution >= 0.6 is 0 Å². The summed E-state index contributed by atoms with van der Waals surface area (Å²) in [6.45, 7) is 0. The van der Waals surface area contributed by atoms with Crippen LogP contribution in [0.5, 0.6) is 5.75 Å². The van der Waals surface area contributed by atoms with E-state index in [0.717, 1.165) is 6.08 Å². The lowest BCUT2D eigenvalue weighted by molar-refractivity contribution is -0.124. The number of amides is 1. The number of phenolic OH excluding ortho intramolecular Hbond substituents is 1. The van der Waals surface area contributed by atoms with Crippen LogP contribution in [-0.2, 0) is 14.8 Å². The Labute approximate surface area is 132 Å². The van der Waals surface area contributed by atoms with E-state index in [9.17, 15) is 18.3 Å². The molecular formula is C15H14N2O5S. The molecule has 0 heterocycles. The van der Waals surface area contributed by atoms with Crippen molar-refractivity contribution in [2.45, 2.75) is 4.90 Å². The maximum atomic E-state index is 12.3. The van der Waals surface area contributed by atoms with Crippen molar-refractivity contribution in [1.29, 1.82) is 0 Å². The maximum Gasteiger partial charge on any atom is 0.267 e. The minimum atomic E-state index is -3.81. The Morgan fingerprint density at radius 2 is 1.78 bits per heavy atom. The summed E-state index contributed by atoms with van der Waals surface area (Å²) < 4.78 is 27.0. The van der Waals surface area contributed by atoms with Crippen molar-refractivity contribution < 1.29 is 23.5 Å². The Morgan fingerprint density at radius 3 is 2.43 bits per heavy atom. The van der Waals surface area contributed by atoms with E-state index < -0.39 is 15.9 Å². The second-order valence-electron chi connectivity index (χ2n) is 4.53. The summed E-state index contributed by atoms with van der Waals surface area (Å²) in [6.07, 6.45) is 2.43. The van der Waals surface area contributed by atoms with Crippen molar-refractivity contribution in [2.24, 2.45) is 0 Å². The molecule has 1 amide bonds. The number of carbonyl (C=O) groups is 1. The van der Waals surface area contributed by atoms with E-state index in [0.29, 0.717) is 11.3 Å². The zero-order chi connectivity index (χ0) is 16.9. The highest BCUT2D eigenvalue weighted by atomic mass is 32.2. The summed E-state index contributed by atoms with van der Waals surface area (Å²) >= 11 is 0. The molecule has 0 atom stereocenters. The third-order valence-electron chi connectivity index (χ3n) is 2.83. The quantitative estimate of drug-likeness (QED) is 0.287. The minimum absolute atomic E-state index is 0.0112. The molecule has 120 valence electrons. The highest BCUT2D eigenvalue weighted by molar-refractivity contribution is 7.92. The molecule has 0 saturated heterocycles. The number of hydrogen-bond donors (Lipinski definition) is 4. The first-order valence-electron chi connectivity index (χ1n) is 6.45. The number of benzene rings is 2. The van der Waals surface area contributed by atoms with Gasteiger partial charge < -0.3 is 5.11 Å². The van der Waals surface area contributed by atoms with E-state index in [1.807, 2.05) is 0 Å². The minimum Gasteiger partial charge on any atom is -0.508 e. The van der Waals surface area contributed by atoms with Gasteiger partial charge in [-0.15, -0.1) is 0 Å². The standard InChI is InChI=1S/C15H14N2O5S/c18-13-7-5-12(6-8-13)17-23(21,22)14-3-1-2-11(10-14)4-9-15(19)16-20/h1-10,17-18,20H,(H,16,19). The third kappa shape index (κ3) is 4.56. The molecule has 23 heavy (non-hydrogen) atoms. The molecule has 0 aliphatic rings. The topological polar surface area (TPSA) is 116 Å². The van der Waals surface area contributed by atoms with Crippen LogP contribution in [0.2, 0.25) is 0 Å². The van der Waals surface area contributed by atoms with Gasteiger partial charge in [-0.2, -0.15) is 0 Å². The van der Waals surface area contributed by atoms with Gasteiger partial charge in [0.15, 0.2) is 0 Å². The lowest BCUT2D eigenvalue weighted by atomic mass is 10.2. The zero-order valence-corrected chi connectivity index (χ0v) is 12.6. The molecule has 0 spiro atoms. The Balaban J connectivity index is 2.24. The molecule has 0 radical (unpaired) electrons. The first-order valence-corrected chi connectivity index (χ1v) is 7.93. The third-order valence-corrected chi connectivity index (χ3v) is 4.20. The van der Waals surface area contributed by atoms with E-state index >= 15 is 0 Å². The summed E-state index contributed by atoms with van der Waals surface area (Å²) in [7, 11) is -3.81. The molecule has 0 bridgehead atoms. The molecule has 8 heteroatoms. The van der Waals surface area contributed by atoms with E-state index in [2.05, 4.69) is 4.72 Å². The van der Waals surface area contributed by atoms with Crippen LogP contribution in [0.4, 0.5) is 5.69 Å². The molecule has 0 unspecified atom stereocenters. The summed E-state index contributed by atoms with van der Waals surface area (Å²) in [5, 5.41) is 17.6. The van der Waals surface area contributed by atoms with E-state index in [-0.39, 0.29) is 10.6 Å². The fraction of sp³-hybridized carbons (Fsp3) is 0. The van der Waals surface area contributed by atoms with Crippen molar-refractivity contribution in [3.05, 3.63) is 60.2 Å². The highest BCUT2D eigenvalue weighted by Crippen LogP contribution is 2.19. The molecule has 0 aliphatic carbocycles. The molecular weight excluding hydrogens is 320 g/mol. The molecule has 2 aromatic carbocycles. The van der Waals surface area contributed by atoms with Gasteiger partial charge in [0.25, 0.3) is 15.9 Å². The van der Waals surface area contributed by atoms with Crippen molar-refractivity contribution in [1.82, 2.24) is 5.48 Å². The Hall–Kier alpha value is -2.84. The molecule has 0 fully saturated rings. The Morgan fingerprint density at radius 1 is 1.09 bits per heavy atom. The van der Waals surface area contributed by atoms with Gasteiger partial charge in [0, 0.05) is 11.8 Å². The number of phenols is 1. The fourth-order valence-corrected chi connectivity index (χ4v) is 2.85. The van der Waals surface area contributed by atoms with Crippen LogP contribution < -0.4 is 10.2 Å². The number of hydrogen-bond acceptors (Lipinski definition) is 5. The summed E-state index contributed by atoms with van der Waals surface area (Å²) in [5.41, 5.74) is 2.22. The summed E-state index contributed by atoms with van der Waals surface area (Å²) in [6, 6.07) is 11.5. The number of nitrogens with one attached hydrogen (secondary N) is 2. The van der Waals surface area contributed by atoms with Crippen molar-refractivity contribution in [3.63, 3.8) is 0 Å². The van der Waals surface area contributed by atoms with Crippen LogP contribution in [0.1, 0.15) is 5.56 Å². The second kappa shape index (κ2) is 6.95. The molecule has 7 nitrogen and oxygen atoms in total. The number of carbonyl (C=O) groups excluding carboxylic acids is 1. The van der Waals surface area contributed by atoms with Crippen LogP contribution in [-0.4, -0.2) is 24.6 Å². The second-order valence-corrected chi connectivity index (χ2v) is 6.22. The van der Waals surface area contributed by atoms with Gasteiger partial charge in [0.2, 0.25) is 0 Å². The lowest BCUT2D eigenvalue weighted by Gasteiger charge is -2.08. The smallest absolute Gasteiger partial charge is 0.267 e. The fourth-order valence-electron chi connectivity index (χ4n) is 1.74. The number of rotatable bonds is 5. The Bertz CT molecular complexity index is 829. The van der Waals surface area contributed by atoms with E-state index in [1.54, 1.807) is 6.07 Å². The summed E-state index contributed by atoms with van der Waals surface area (Å²) in [5.74, 6) is -0.692. The Kier molecular flexibility index (Phi) is 4.99. The van der Waals surface area contributed by atoms with Crippen molar-refractivity contribution in [3.8, 4) is 5.75 Å². The number of hydroxylamine groups is 1. The van der Waals surface area contributed by atoms with Gasteiger partial charge in [0.1, 0.15) is 5.75 Å². The molecule has 2 rings (SSSR count). The summed E-state index contributed by atoms with van der Waals surface area (Å²) in [4.78, 5) is 10.9. The molecule has 4 N–H and O–H groups in total. The SMILES string of the molecule is O=C(C=Cc1cccc(S(=O)(=O)Nc2ccc(O)cc2)c1)NO. The van der Waals surface area contributed by atoms with Crippen molar-refractivity contribution in [2.75, 3.05) is 4.72 Å². The first kappa shape index (κ1) is 16.5. The van der Waals surface area contributed by atoms with E-state index in [1.165, 1.54) is 54.0 Å². The van der Waals surface area contributed by atoms with Gasteiger partial charge in [-0.1, -0.05) is 12.1 Å². The predicted octanol–water partition coefficient (Wildman–Crippen LogP) is 1.71. The van der Waals surface area contributed by atoms with Gasteiger partial charge in [-0.25, -0.2) is 13.9 Å². The van der Waals surface area contributed by atoms with Crippen LogP contribution in [0, 0.1) is 0 Å². The largest absolute Gasteiger partial charge is 0.508 e. The molecule has 2 aromatic rings. The lowest BCUT2D eigenvalue weighted by Crippen LogP contribution is -2.15. The van der Waals surface area contributed by atoms with Gasteiger partial charge in [0.05, 0.1) is 4.90 Å². The van der Waals surface area contributed by atoms with E-state index in [4.69, 9.17) is 5.21 Å². The molecule has 0 aliphatic heterocycles. The van der Waals surface area contributed by atoms with Gasteiger partial charge in [-0.05, 0) is 48.0 Å². The maximum absolute atomic E-state index is 12.3. The first-order chi connectivity index (χ1) is 10.9. The van der Waals surface area contributed by atoms with Gasteiger partial charge in [-0.3, -0.25) is 14.7 Å². The number of aromatic hydroxyl groups is 1. The van der Waals surface area contributed by atoms with Crippen LogP contribution in [0.3, 0.4) is 0 Å².